The first-order valence-corrected chi connectivity index (χ1v) is 14.7. The lowest BCUT2D eigenvalue weighted by Gasteiger charge is -2.46. The molecule has 0 amide bonds. The third-order valence-corrected chi connectivity index (χ3v) is 10.1. The van der Waals surface area contributed by atoms with Crippen LogP contribution in [0.4, 0.5) is 11.4 Å². The Kier molecular flexibility index (Phi) is 5.35. The van der Waals surface area contributed by atoms with Crippen LogP contribution in [0.3, 0.4) is 0 Å². The zero-order valence-corrected chi connectivity index (χ0v) is 22.6. The van der Waals surface area contributed by atoms with E-state index in [9.17, 15) is 0 Å². The molecule has 39 heavy (non-hydrogen) atoms. The van der Waals surface area contributed by atoms with Crippen molar-refractivity contribution in [3.05, 3.63) is 139 Å². The first-order valence-electron chi connectivity index (χ1n) is 14.7. The fourth-order valence-corrected chi connectivity index (χ4v) is 8.26. The molecular weight excluding hydrogens is 472 g/mol. The molecule has 2 heterocycles. The van der Waals surface area contributed by atoms with E-state index >= 15 is 0 Å². The van der Waals surface area contributed by atoms with Gasteiger partial charge in [-0.3, -0.25) is 4.90 Å². The Morgan fingerprint density at radius 3 is 2.41 bits per heavy atom. The summed E-state index contributed by atoms with van der Waals surface area (Å²) >= 11 is 0. The van der Waals surface area contributed by atoms with Crippen LogP contribution in [0.5, 0.6) is 0 Å². The van der Waals surface area contributed by atoms with Gasteiger partial charge >= 0.3 is 0 Å². The van der Waals surface area contributed by atoms with Gasteiger partial charge in [-0.2, -0.15) is 0 Å². The first kappa shape index (κ1) is 23.3. The average molecular weight is 509 g/mol. The molecule has 0 N–H and O–H groups in total. The van der Waals surface area contributed by atoms with Crippen molar-refractivity contribution in [2.24, 2.45) is 11.8 Å². The van der Waals surface area contributed by atoms with E-state index in [-0.39, 0.29) is 5.54 Å². The molecule has 0 saturated carbocycles. The van der Waals surface area contributed by atoms with E-state index in [1.54, 1.807) is 0 Å². The monoisotopic (exact) mass is 508 g/mol. The molecule has 0 radical (unpaired) electrons. The maximum atomic E-state index is 2.86. The van der Waals surface area contributed by atoms with Gasteiger partial charge in [0.25, 0.3) is 0 Å². The molecule has 2 heteroatoms. The quantitative estimate of drug-likeness (QED) is 0.385. The topological polar surface area (TPSA) is 6.48 Å². The van der Waals surface area contributed by atoms with Crippen molar-refractivity contribution in [3.8, 4) is 0 Å². The molecule has 0 aromatic heterocycles. The Morgan fingerprint density at radius 1 is 0.769 bits per heavy atom. The minimum atomic E-state index is 0.215. The maximum Gasteiger partial charge on any atom is 0.0629 e. The fraction of sp³-hybridized carbons (Fsp3) is 0.297. The van der Waals surface area contributed by atoms with Crippen molar-refractivity contribution in [1.82, 2.24) is 4.90 Å². The number of rotatable bonds is 3. The van der Waals surface area contributed by atoms with Gasteiger partial charge in [0.2, 0.25) is 0 Å². The van der Waals surface area contributed by atoms with Crippen LogP contribution in [-0.2, 0) is 0 Å². The summed E-state index contributed by atoms with van der Waals surface area (Å²) in [6.07, 6.45) is 34.5. The molecular formula is C37H36N2. The number of likely N-dealkylation sites (tertiary alicyclic amines) is 1. The molecule has 6 aliphatic rings. The predicted molar refractivity (Wildman–Crippen MR) is 163 cm³/mol. The summed E-state index contributed by atoms with van der Waals surface area (Å²) in [6.45, 7) is 2.50. The average Bonchev–Trinajstić information content (AvgIpc) is 3.51. The molecule has 4 aliphatic carbocycles. The van der Waals surface area contributed by atoms with Crippen molar-refractivity contribution in [2.75, 3.05) is 4.90 Å². The van der Waals surface area contributed by atoms with Crippen LogP contribution in [-0.4, -0.2) is 28.6 Å². The normalized spacial score (nSPS) is 35.5. The molecule has 2 nitrogen and oxygen atoms in total. The van der Waals surface area contributed by atoms with E-state index in [0.29, 0.717) is 35.9 Å². The SMILES string of the molecule is CC1(N2C3C=CC=CC3C3C=C(c4ccc5c(c4)C4C=CC=CC4N5c4ccccc4)C=CC32)CC=CCC1. The van der Waals surface area contributed by atoms with Gasteiger partial charge in [-0.05, 0) is 67.2 Å². The summed E-state index contributed by atoms with van der Waals surface area (Å²) in [5.74, 6) is 1.41. The number of nitrogens with zero attached hydrogens (tertiary/aromatic N) is 2. The van der Waals surface area contributed by atoms with E-state index in [2.05, 4.69) is 144 Å². The molecule has 7 atom stereocenters. The molecule has 1 fully saturated rings. The first-order chi connectivity index (χ1) is 19.2. The Labute approximate surface area is 232 Å². The number of hydrogen-bond donors (Lipinski definition) is 0. The van der Waals surface area contributed by atoms with Gasteiger partial charge in [-0.15, -0.1) is 0 Å². The Hall–Kier alpha value is -3.62. The summed E-state index contributed by atoms with van der Waals surface area (Å²) in [4.78, 5) is 5.38. The van der Waals surface area contributed by atoms with Gasteiger partial charge < -0.3 is 4.90 Å². The van der Waals surface area contributed by atoms with Crippen molar-refractivity contribution in [1.29, 1.82) is 0 Å². The van der Waals surface area contributed by atoms with Crippen LogP contribution in [0.25, 0.3) is 5.57 Å². The minimum absolute atomic E-state index is 0.215. The van der Waals surface area contributed by atoms with E-state index in [1.807, 2.05) is 0 Å². The summed E-state index contributed by atoms with van der Waals surface area (Å²) in [7, 11) is 0. The van der Waals surface area contributed by atoms with E-state index in [4.69, 9.17) is 0 Å². The number of hydrogen-bond acceptors (Lipinski definition) is 2. The van der Waals surface area contributed by atoms with Gasteiger partial charge in [-0.25, -0.2) is 0 Å². The van der Waals surface area contributed by atoms with E-state index in [1.165, 1.54) is 40.9 Å². The van der Waals surface area contributed by atoms with Crippen molar-refractivity contribution in [3.63, 3.8) is 0 Å². The van der Waals surface area contributed by atoms with Crippen LogP contribution >= 0.6 is 0 Å². The lowest BCUT2D eigenvalue weighted by atomic mass is 9.80. The zero-order valence-electron chi connectivity index (χ0n) is 22.6. The Morgan fingerprint density at radius 2 is 1.56 bits per heavy atom. The third kappa shape index (κ3) is 3.58. The number of fused-ring (bicyclic) bond motifs is 6. The minimum Gasteiger partial charge on any atom is -0.333 e. The van der Waals surface area contributed by atoms with E-state index < -0.39 is 0 Å². The number of allylic oxidation sites excluding steroid dienone is 7. The van der Waals surface area contributed by atoms with Gasteiger partial charge in [0.05, 0.1) is 6.04 Å². The molecule has 194 valence electrons. The largest absolute Gasteiger partial charge is 0.333 e. The third-order valence-electron chi connectivity index (χ3n) is 10.1. The van der Waals surface area contributed by atoms with Crippen molar-refractivity contribution < 1.29 is 0 Å². The highest BCUT2D eigenvalue weighted by molar-refractivity contribution is 5.82. The molecule has 0 bridgehead atoms. The second-order valence-electron chi connectivity index (χ2n) is 12.3. The van der Waals surface area contributed by atoms with Gasteiger partial charge in [0, 0.05) is 46.8 Å². The lowest BCUT2D eigenvalue weighted by Crippen LogP contribution is -2.53. The van der Waals surface area contributed by atoms with Crippen molar-refractivity contribution in [2.45, 2.75) is 55.8 Å². The number of anilines is 2. The van der Waals surface area contributed by atoms with Crippen LogP contribution < -0.4 is 4.90 Å². The summed E-state index contributed by atoms with van der Waals surface area (Å²) in [5.41, 5.74) is 6.97. The Bertz CT molecular complexity index is 1500. The molecule has 0 spiro atoms. The lowest BCUT2D eigenvalue weighted by molar-refractivity contribution is 0.0665. The standard InChI is InChI=1S/C37H36N2/c1-37(22-10-3-11-23-37)39-35-17-9-7-15-30(35)32-25-27(19-21-36(32)39)26-18-20-34-31(24-26)29-14-6-8-16-33(29)38(34)28-12-4-2-5-13-28/h2-10,12-21,24-25,29-30,32-33,35-36H,11,22-23H2,1H3. The maximum absolute atomic E-state index is 2.86. The van der Waals surface area contributed by atoms with Crippen LogP contribution in [0, 0.1) is 11.8 Å². The second kappa shape index (κ2) is 8.96. The molecule has 2 aliphatic heterocycles. The zero-order chi connectivity index (χ0) is 26.0. The molecule has 7 unspecified atom stereocenters. The summed E-state index contributed by atoms with van der Waals surface area (Å²) < 4.78 is 0. The molecule has 8 rings (SSSR count). The van der Waals surface area contributed by atoms with Crippen molar-refractivity contribution >= 4 is 16.9 Å². The summed E-state index contributed by atoms with van der Waals surface area (Å²) in [6, 6.07) is 19.3. The molecule has 2 aromatic carbocycles. The highest BCUT2D eigenvalue weighted by Gasteiger charge is 2.52. The molecule has 1 saturated heterocycles. The summed E-state index contributed by atoms with van der Waals surface area (Å²) in [5, 5.41) is 0. The smallest absolute Gasteiger partial charge is 0.0629 e. The fourth-order valence-electron chi connectivity index (χ4n) is 8.26. The van der Waals surface area contributed by atoms with E-state index in [0.717, 1.165) is 6.42 Å². The predicted octanol–water partition coefficient (Wildman–Crippen LogP) is 8.28. The Balaban J connectivity index is 1.17. The van der Waals surface area contributed by atoms with Crippen LogP contribution in [0.1, 0.15) is 43.2 Å². The van der Waals surface area contributed by atoms with Gasteiger partial charge in [0.1, 0.15) is 0 Å². The van der Waals surface area contributed by atoms with Crippen LogP contribution in [0.2, 0.25) is 0 Å². The van der Waals surface area contributed by atoms with Gasteiger partial charge in [0.15, 0.2) is 0 Å². The van der Waals surface area contributed by atoms with Crippen LogP contribution in [0.15, 0.2) is 128 Å². The highest BCUT2D eigenvalue weighted by Crippen LogP contribution is 2.51. The van der Waals surface area contributed by atoms with Gasteiger partial charge in [-0.1, -0.05) is 103 Å². The second-order valence-corrected chi connectivity index (χ2v) is 12.3. The highest BCUT2D eigenvalue weighted by atomic mass is 15.3. The number of para-hydroxylation sites is 1. The number of benzene rings is 2. The molecule has 2 aromatic rings.